The summed E-state index contributed by atoms with van der Waals surface area (Å²) < 4.78 is 5.97. The summed E-state index contributed by atoms with van der Waals surface area (Å²) in [6.07, 6.45) is 1.21. The summed E-state index contributed by atoms with van der Waals surface area (Å²) in [7, 11) is 2.17. The highest BCUT2D eigenvalue weighted by molar-refractivity contribution is 6.35. The van der Waals surface area contributed by atoms with E-state index in [4.69, 9.17) is 37.9 Å². The first-order valence-electron chi connectivity index (χ1n) is 12.1. The summed E-state index contributed by atoms with van der Waals surface area (Å²) in [5.41, 5.74) is 3.28. The number of aromatic nitrogens is 2. The van der Waals surface area contributed by atoms with Crippen LogP contribution in [0.25, 0.3) is 0 Å². The van der Waals surface area contributed by atoms with Crippen LogP contribution < -0.4 is 15.5 Å². The molecule has 0 bridgehead atoms. The summed E-state index contributed by atoms with van der Waals surface area (Å²) in [4.78, 5) is 17.1. The number of piperazine rings is 1. The van der Waals surface area contributed by atoms with Crippen molar-refractivity contribution >= 4 is 35.0 Å². The molecule has 4 heterocycles. The van der Waals surface area contributed by atoms with Crippen molar-refractivity contribution < 1.29 is 4.74 Å². The second kappa shape index (κ2) is 10.9. The molecule has 3 aliphatic rings. The minimum absolute atomic E-state index is 0.299. The zero-order chi connectivity index (χ0) is 23.5. The zero-order valence-corrected chi connectivity index (χ0v) is 21.2. The zero-order valence-electron chi connectivity index (χ0n) is 19.7. The molecule has 0 saturated carbocycles. The molecule has 184 valence electrons. The van der Waals surface area contributed by atoms with Gasteiger partial charge in [0, 0.05) is 87.5 Å². The number of likely N-dealkylation sites (N-methyl/N-ethyl adjacent to an activating group) is 1. The van der Waals surface area contributed by atoms with Crippen molar-refractivity contribution in [3.05, 3.63) is 45.1 Å². The van der Waals surface area contributed by atoms with E-state index in [1.807, 2.05) is 12.1 Å². The molecule has 2 N–H and O–H groups in total. The smallest absolute Gasteiger partial charge is 0.227 e. The van der Waals surface area contributed by atoms with Crippen molar-refractivity contribution in [1.29, 1.82) is 0 Å². The molecule has 0 amide bonds. The van der Waals surface area contributed by atoms with Crippen molar-refractivity contribution in [1.82, 2.24) is 25.1 Å². The van der Waals surface area contributed by atoms with Gasteiger partial charge in [0.2, 0.25) is 5.95 Å². The van der Waals surface area contributed by atoms with Crippen LogP contribution in [0.1, 0.15) is 16.8 Å². The molecule has 0 radical (unpaired) electrons. The molecule has 34 heavy (non-hydrogen) atoms. The summed E-state index contributed by atoms with van der Waals surface area (Å²) in [5.74, 6) is 1.71. The Kier molecular flexibility index (Phi) is 7.73. The molecule has 10 heteroatoms. The highest BCUT2D eigenvalue weighted by atomic mass is 35.5. The van der Waals surface area contributed by atoms with Gasteiger partial charge in [0.25, 0.3) is 0 Å². The van der Waals surface area contributed by atoms with E-state index in [9.17, 15) is 0 Å². The van der Waals surface area contributed by atoms with Crippen LogP contribution >= 0.6 is 23.2 Å². The van der Waals surface area contributed by atoms with Crippen molar-refractivity contribution in [2.75, 3.05) is 76.2 Å². The fourth-order valence-corrected chi connectivity index (χ4v) is 5.33. The second-order valence-corrected chi connectivity index (χ2v) is 10.2. The fraction of sp³-hybridized carbons (Fsp3) is 0.583. The maximum absolute atomic E-state index is 6.39. The van der Waals surface area contributed by atoms with Gasteiger partial charge in [0.05, 0.1) is 18.4 Å². The maximum atomic E-state index is 6.39. The largest absolute Gasteiger partial charge is 0.374 e. The van der Waals surface area contributed by atoms with E-state index >= 15 is 0 Å². The van der Waals surface area contributed by atoms with E-state index in [1.165, 1.54) is 0 Å². The lowest BCUT2D eigenvalue weighted by Gasteiger charge is -2.38. The molecule has 8 nitrogen and oxygen atoms in total. The van der Waals surface area contributed by atoms with Crippen molar-refractivity contribution in [2.45, 2.75) is 25.6 Å². The summed E-state index contributed by atoms with van der Waals surface area (Å²) >= 11 is 12.4. The van der Waals surface area contributed by atoms with Crippen LogP contribution in [0.15, 0.2) is 18.2 Å². The summed E-state index contributed by atoms with van der Waals surface area (Å²) in [6.45, 7) is 9.98. The second-order valence-electron chi connectivity index (χ2n) is 9.36. The predicted molar refractivity (Wildman–Crippen MR) is 137 cm³/mol. The van der Waals surface area contributed by atoms with E-state index in [2.05, 4.69) is 32.4 Å². The first-order valence-corrected chi connectivity index (χ1v) is 12.9. The molecule has 2 fully saturated rings. The molecule has 2 saturated heterocycles. The summed E-state index contributed by atoms with van der Waals surface area (Å²) in [6, 6.07) is 5.60. The molecule has 1 atom stereocenters. The van der Waals surface area contributed by atoms with Gasteiger partial charge in [-0.05, 0) is 24.7 Å². The first kappa shape index (κ1) is 24.0. The first-order chi connectivity index (χ1) is 16.5. The Morgan fingerprint density at radius 1 is 1.15 bits per heavy atom. The molecule has 0 unspecified atom stereocenters. The molecule has 0 aliphatic carbocycles. The molecular weight excluding hydrogens is 473 g/mol. The van der Waals surface area contributed by atoms with Crippen LogP contribution in [-0.4, -0.2) is 91.9 Å². The van der Waals surface area contributed by atoms with E-state index in [-0.39, 0.29) is 0 Å². The van der Waals surface area contributed by atoms with Crippen molar-refractivity contribution in [3.8, 4) is 0 Å². The standard InChI is InChI=1S/C24H33Cl2N7O/c1-31-10-11-34-19(15-31)16-32-6-8-33(9-7-32)24-29-22-4-5-27-14-20(22)23(30-24)28-13-17-2-3-18(25)12-21(17)26/h2-3,12,19,27H,4-11,13-16H2,1H3,(H,28,29,30)/t19-/m0/s1. The average Bonchev–Trinajstić information content (AvgIpc) is 2.84. The normalized spacial score (nSPS) is 22.0. The molecular formula is C24H33Cl2N7O. The lowest BCUT2D eigenvalue weighted by molar-refractivity contribution is -0.0361. The topological polar surface area (TPSA) is 68.8 Å². The molecule has 5 rings (SSSR count). The van der Waals surface area contributed by atoms with Crippen LogP contribution in [0.3, 0.4) is 0 Å². The number of nitrogens with one attached hydrogen (secondary N) is 2. The van der Waals surface area contributed by atoms with E-state index in [0.717, 1.165) is 101 Å². The van der Waals surface area contributed by atoms with Crippen molar-refractivity contribution in [2.24, 2.45) is 0 Å². The number of hydrogen-bond donors (Lipinski definition) is 2. The molecule has 1 aromatic carbocycles. The van der Waals surface area contributed by atoms with Gasteiger partial charge in [0.15, 0.2) is 0 Å². The van der Waals surface area contributed by atoms with Gasteiger partial charge >= 0.3 is 0 Å². The maximum Gasteiger partial charge on any atom is 0.227 e. The molecule has 2 aromatic rings. The number of fused-ring (bicyclic) bond motifs is 1. The number of morpholine rings is 1. The Morgan fingerprint density at radius 3 is 2.79 bits per heavy atom. The molecule has 3 aliphatic heterocycles. The van der Waals surface area contributed by atoms with E-state index in [0.29, 0.717) is 22.7 Å². The van der Waals surface area contributed by atoms with Gasteiger partial charge in [-0.15, -0.1) is 0 Å². The quantitative estimate of drug-likeness (QED) is 0.620. The molecule has 0 spiro atoms. The lowest BCUT2D eigenvalue weighted by Crippen LogP contribution is -2.52. The van der Waals surface area contributed by atoms with Crippen LogP contribution in [0, 0.1) is 0 Å². The summed E-state index contributed by atoms with van der Waals surface area (Å²) in [5, 5.41) is 8.26. The Morgan fingerprint density at radius 2 is 2.00 bits per heavy atom. The number of ether oxygens (including phenoxy) is 1. The fourth-order valence-electron chi connectivity index (χ4n) is 4.86. The van der Waals surface area contributed by atoms with Gasteiger partial charge in [-0.25, -0.2) is 4.98 Å². The Bertz CT molecular complexity index is 1000. The van der Waals surface area contributed by atoms with Gasteiger partial charge in [-0.3, -0.25) is 4.90 Å². The Hall–Kier alpha value is -1.68. The Labute approximate surface area is 211 Å². The van der Waals surface area contributed by atoms with Gasteiger partial charge < -0.3 is 25.2 Å². The monoisotopic (exact) mass is 505 g/mol. The van der Waals surface area contributed by atoms with E-state index in [1.54, 1.807) is 6.07 Å². The number of halogens is 2. The van der Waals surface area contributed by atoms with Gasteiger partial charge in [-0.1, -0.05) is 29.3 Å². The highest BCUT2D eigenvalue weighted by Gasteiger charge is 2.26. The average molecular weight is 506 g/mol. The lowest BCUT2D eigenvalue weighted by atomic mass is 10.1. The predicted octanol–water partition coefficient (Wildman–Crippen LogP) is 2.49. The van der Waals surface area contributed by atoms with Crippen LogP contribution in [-0.2, 0) is 24.2 Å². The number of anilines is 2. The molecule has 1 aromatic heterocycles. The minimum atomic E-state index is 0.299. The van der Waals surface area contributed by atoms with Crippen molar-refractivity contribution in [3.63, 3.8) is 0 Å². The Balaban J connectivity index is 1.26. The number of rotatable bonds is 6. The highest BCUT2D eigenvalue weighted by Crippen LogP contribution is 2.26. The SMILES string of the molecule is CN1CCO[C@H](CN2CCN(c3nc4c(c(NCc5ccc(Cl)cc5Cl)n3)CNCC4)CC2)C1. The van der Waals surface area contributed by atoms with Crippen LogP contribution in [0.5, 0.6) is 0 Å². The minimum Gasteiger partial charge on any atom is -0.374 e. The van der Waals surface area contributed by atoms with Gasteiger partial charge in [-0.2, -0.15) is 4.98 Å². The third kappa shape index (κ3) is 5.75. The third-order valence-corrected chi connectivity index (χ3v) is 7.43. The van der Waals surface area contributed by atoms with Crippen LogP contribution in [0.2, 0.25) is 10.0 Å². The third-order valence-electron chi connectivity index (χ3n) is 6.84. The number of hydrogen-bond acceptors (Lipinski definition) is 8. The number of nitrogens with zero attached hydrogens (tertiary/aromatic N) is 5. The number of benzene rings is 1. The van der Waals surface area contributed by atoms with E-state index < -0.39 is 0 Å². The van der Waals surface area contributed by atoms with Gasteiger partial charge in [0.1, 0.15) is 5.82 Å². The van der Waals surface area contributed by atoms with Crippen LogP contribution in [0.4, 0.5) is 11.8 Å².